The third-order valence-corrected chi connectivity index (χ3v) is 2.13. The van der Waals surface area contributed by atoms with E-state index in [0.717, 1.165) is 0 Å². The Morgan fingerprint density at radius 2 is 1.89 bits per heavy atom. The number of benzene rings is 1. The van der Waals surface area contributed by atoms with E-state index in [9.17, 15) is 10.1 Å². The molecule has 0 fully saturated rings. The zero-order chi connectivity index (χ0) is 13.1. The summed E-state index contributed by atoms with van der Waals surface area (Å²) in [6.45, 7) is 0. The van der Waals surface area contributed by atoms with Crippen LogP contribution in [0.15, 0.2) is 24.3 Å². The fraction of sp³-hybridized carbons (Fsp3) is 0. The Balaban J connectivity index is 2.20. The number of hydrogen-bond acceptors (Lipinski definition) is 7. The zero-order valence-electron chi connectivity index (χ0n) is 8.87. The molecule has 0 saturated heterocycles. The fourth-order valence-electron chi connectivity index (χ4n) is 1.22. The average Bonchev–Trinajstić information content (AvgIpc) is 2.28. The summed E-state index contributed by atoms with van der Waals surface area (Å²) >= 11 is 5.61. The van der Waals surface area contributed by atoms with Gasteiger partial charge in [-0.05, 0) is 23.7 Å². The van der Waals surface area contributed by atoms with E-state index in [1.807, 2.05) is 0 Å². The van der Waals surface area contributed by atoms with E-state index < -0.39 is 4.92 Å². The molecule has 1 heterocycles. The maximum atomic E-state index is 10.5. The van der Waals surface area contributed by atoms with Gasteiger partial charge in [0.15, 0.2) is 0 Å². The van der Waals surface area contributed by atoms with Gasteiger partial charge in [-0.2, -0.15) is 15.0 Å². The van der Waals surface area contributed by atoms with Gasteiger partial charge in [0, 0.05) is 17.8 Å². The highest BCUT2D eigenvalue weighted by Gasteiger charge is 2.06. The number of halogens is 1. The molecule has 0 bridgehead atoms. The van der Waals surface area contributed by atoms with E-state index >= 15 is 0 Å². The van der Waals surface area contributed by atoms with Crippen LogP contribution < -0.4 is 11.1 Å². The molecule has 92 valence electrons. The summed E-state index contributed by atoms with van der Waals surface area (Å²) in [7, 11) is 0. The molecule has 0 spiro atoms. The van der Waals surface area contributed by atoms with E-state index in [-0.39, 0.29) is 22.9 Å². The molecule has 0 radical (unpaired) electrons. The molecule has 9 heteroatoms. The lowest BCUT2D eigenvalue weighted by Gasteiger charge is -2.04. The van der Waals surface area contributed by atoms with Gasteiger partial charge < -0.3 is 11.1 Å². The second-order valence-corrected chi connectivity index (χ2v) is 3.55. The minimum Gasteiger partial charge on any atom is -0.368 e. The van der Waals surface area contributed by atoms with Crippen molar-refractivity contribution in [2.45, 2.75) is 0 Å². The number of nitrogen functional groups attached to an aromatic ring is 1. The number of nitrogens with two attached hydrogens (primary N) is 1. The number of nitrogens with zero attached hydrogens (tertiary/aromatic N) is 4. The van der Waals surface area contributed by atoms with E-state index in [4.69, 9.17) is 17.3 Å². The molecule has 1 aromatic heterocycles. The quantitative estimate of drug-likeness (QED) is 0.641. The predicted octanol–water partition coefficient (Wildman–Crippen LogP) is 1.76. The van der Waals surface area contributed by atoms with Gasteiger partial charge in [0.05, 0.1) is 4.92 Å². The molecule has 0 aliphatic rings. The van der Waals surface area contributed by atoms with Crippen LogP contribution in [0.2, 0.25) is 5.28 Å². The topological polar surface area (TPSA) is 120 Å². The molecule has 8 nitrogen and oxygen atoms in total. The lowest BCUT2D eigenvalue weighted by atomic mass is 10.3. The number of nitro benzene ring substituents is 1. The van der Waals surface area contributed by atoms with Crippen molar-refractivity contribution in [3.05, 3.63) is 39.7 Å². The van der Waals surface area contributed by atoms with Crippen molar-refractivity contribution in [2.24, 2.45) is 0 Å². The van der Waals surface area contributed by atoms with Gasteiger partial charge in [-0.25, -0.2) is 0 Å². The van der Waals surface area contributed by atoms with Crippen molar-refractivity contribution in [1.29, 1.82) is 0 Å². The summed E-state index contributed by atoms with van der Waals surface area (Å²) in [5.74, 6) is 0.153. The van der Waals surface area contributed by atoms with Crippen molar-refractivity contribution in [2.75, 3.05) is 11.1 Å². The Labute approximate surface area is 106 Å². The van der Waals surface area contributed by atoms with Crippen LogP contribution in [0.4, 0.5) is 23.3 Å². The molecule has 18 heavy (non-hydrogen) atoms. The molecule has 3 N–H and O–H groups in total. The van der Waals surface area contributed by atoms with Crippen LogP contribution in [0.25, 0.3) is 0 Å². The number of aromatic nitrogens is 3. The maximum absolute atomic E-state index is 10.5. The fourth-order valence-corrected chi connectivity index (χ4v) is 1.38. The summed E-state index contributed by atoms with van der Waals surface area (Å²) in [5, 5.41) is 13.2. The predicted molar refractivity (Wildman–Crippen MR) is 65.6 cm³/mol. The third-order valence-electron chi connectivity index (χ3n) is 1.96. The Morgan fingerprint density at radius 3 is 2.44 bits per heavy atom. The molecule has 0 aliphatic heterocycles. The van der Waals surface area contributed by atoms with Crippen LogP contribution in [-0.4, -0.2) is 19.9 Å². The molecule has 0 amide bonds. The van der Waals surface area contributed by atoms with Gasteiger partial charge in [-0.3, -0.25) is 10.1 Å². The Kier molecular flexibility index (Phi) is 3.20. The third kappa shape index (κ3) is 2.80. The van der Waals surface area contributed by atoms with Crippen LogP contribution in [-0.2, 0) is 0 Å². The monoisotopic (exact) mass is 266 g/mol. The van der Waals surface area contributed by atoms with Crippen LogP contribution in [0.3, 0.4) is 0 Å². The SMILES string of the molecule is Nc1nc(Cl)nc(Nc2ccc([N+](=O)[O-])cc2)n1. The number of nitro groups is 1. The van der Waals surface area contributed by atoms with Crippen LogP contribution in [0.5, 0.6) is 0 Å². The minimum atomic E-state index is -0.485. The molecule has 0 atom stereocenters. The molecule has 2 aromatic rings. The Morgan fingerprint density at radius 1 is 1.22 bits per heavy atom. The van der Waals surface area contributed by atoms with Gasteiger partial charge in [-0.1, -0.05) is 0 Å². The molecule has 1 aromatic carbocycles. The van der Waals surface area contributed by atoms with Gasteiger partial charge in [-0.15, -0.1) is 0 Å². The summed E-state index contributed by atoms with van der Waals surface area (Å²) in [4.78, 5) is 21.2. The largest absolute Gasteiger partial charge is 0.368 e. The average molecular weight is 267 g/mol. The summed E-state index contributed by atoms with van der Waals surface area (Å²) < 4.78 is 0. The standard InChI is InChI=1S/C9H7ClN6O2/c10-7-13-8(11)15-9(14-7)12-5-1-3-6(4-2-5)16(17)18/h1-4H,(H3,11,12,13,14,15). The first-order valence-corrected chi connectivity index (χ1v) is 5.11. The minimum absolute atomic E-state index is 0.00579. The number of non-ortho nitro benzene ring substituents is 1. The summed E-state index contributed by atoms with van der Waals surface area (Å²) in [5.41, 5.74) is 5.97. The van der Waals surface area contributed by atoms with Gasteiger partial charge in [0.1, 0.15) is 0 Å². The van der Waals surface area contributed by atoms with Crippen molar-refractivity contribution in [3.8, 4) is 0 Å². The molecule has 0 unspecified atom stereocenters. The highest BCUT2D eigenvalue weighted by Crippen LogP contribution is 2.18. The number of hydrogen-bond donors (Lipinski definition) is 2. The van der Waals surface area contributed by atoms with Gasteiger partial charge in [0.2, 0.25) is 17.2 Å². The molecule has 0 aliphatic carbocycles. The molecular formula is C9H7ClN6O2. The second kappa shape index (κ2) is 4.80. The lowest BCUT2D eigenvalue weighted by molar-refractivity contribution is -0.384. The first-order chi connectivity index (χ1) is 8.54. The van der Waals surface area contributed by atoms with E-state index in [2.05, 4.69) is 20.3 Å². The Bertz CT molecular complexity index is 568. The van der Waals surface area contributed by atoms with E-state index in [1.54, 1.807) is 0 Å². The van der Waals surface area contributed by atoms with E-state index in [0.29, 0.717) is 5.69 Å². The molecule has 0 saturated carbocycles. The zero-order valence-corrected chi connectivity index (χ0v) is 9.63. The van der Waals surface area contributed by atoms with Gasteiger partial charge in [0.25, 0.3) is 5.69 Å². The number of anilines is 3. The number of nitrogens with one attached hydrogen (secondary N) is 1. The smallest absolute Gasteiger partial charge is 0.269 e. The summed E-state index contributed by atoms with van der Waals surface area (Å²) in [6, 6.07) is 5.75. The Hall–Kier alpha value is -2.48. The van der Waals surface area contributed by atoms with Crippen molar-refractivity contribution in [3.63, 3.8) is 0 Å². The normalized spacial score (nSPS) is 10.1. The second-order valence-electron chi connectivity index (χ2n) is 3.22. The summed E-state index contributed by atoms with van der Waals surface area (Å²) in [6.07, 6.45) is 0. The first-order valence-electron chi connectivity index (χ1n) is 4.73. The molecular weight excluding hydrogens is 260 g/mol. The van der Waals surface area contributed by atoms with Gasteiger partial charge >= 0.3 is 0 Å². The van der Waals surface area contributed by atoms with E-state index in [1.165, 1.54) is 24.3 Å². The number of rotatable bonds is 3. The van der Waals surface area contributed by atoms with Crippen molar-refractivity contribution >= 4 is 34.9 Å². The highest BCUT2D eigenvalue weighted by molar-refractivity contribution is 6.28. The lowest BCUT2D eigenvalue weighted by Crippen LogP contribution is -2.03. The van der Waals surface area contributed by atoms with Crippen LogP contribution in [0.1, 0.15) is 0 Å². The van der Waals surface area contributed by atoms with Crippen molar-refractivity contribution in [1.82, 2.24) is 15.0 Å². The first kappa shape index (κ1) is 12.0. The maximum Gasteiger partial charge on any atom is 0.269 e. The van der Waals surface area contributed by atoms with Crippen LogP contribution in [0, 0.1) is 10.1 Å². The van der Waals surface area contributed by atoms with Crippen molar-refractivity contribution < 1.29 is 4.92 Å². The highest BCUT2D eigenvalue weighted by atomic mass is 35.5. The molecule has 2 rings (SSSR count). The van der Waals surface area contributed by atoms with Crippen LogP contribution >= 0.6 is 11.6 Å².